The van der Waals surface area contributed by atoms with Crippen LogP contribution in [0, 0.1) is 0 Å². The van der Waals surface area contributed by atoms with Crippen molar-refractivity contribution in [2.45, 2.75) is 6.42 Å². The van der Waals surface area contributed by atoms with Crippen LogP contribution < -0.4 is 0 Å². The van der Waals surface area contributed by atoms with E-state index in [1.807, 2.05) is 0 Å². The third kappa shape index (κ3) is 17.8. The Bertz CT molecular complexity index is 228. The molecule has 0 aliphatic rings. The van der Waals surface area contributed by atoms with E-state index >= 15 is 0 Å². The van der Waals surface area contributed by atoms with Crippen LogP contribution >= 0.6 is 0 Å². The molecule has 0 saturated carbocycles. The summed E-state index contributed by atoms with van der Waals surface area (Å²) in [4.78, 5) is 19.1. The fourth-order valence-corrected chi connectivity index (χ4v) is 0.266. The zero-order chi connectivity index (χ0) is 10.9. The van der Waals surface area contributed by atoms with Crippen molar-refractivity contribution < 1.29 is 19.8 Å². The van der Waals surface area contributed by atoms with Crippen LogP contribution in [0.2, 0.25) is 0 Å². The van der Waals surface area contributed by atoms with E-state index in [-0.39, 0.29) is 6.42 Å². The SMILES string of the molecule is C=CC(=C)CC(=O)O.C=CC(=O)O. The van der Waals surface area contributed by atoms with Crippen LogP contribution in [-0.4, -0.2) is 22.2 Å². The Kier molecular flexibility index (Phi) is 8.72. The highest BCUT2D eigenvalue weighted by Gasteiger charge is 1.94. The third-order valence-corrected chi connectivity index (χ3v) is 0.842. The minimum atomic E-state index is -0.981. The van der Waals surface area contributed by atoms with Gasteiger partial charge in [-0.2, -0.15) is 0 Å². The van der Waals surface area contributed by atoms with Gasteiger partial charge in [0, 0.05) is 6.08 Å². The molecule has 72 valence electrons. The summed E-state index contributed by atoms with van der Waals surface area (Å²) < 4.78 is 0. The second-order valence-corrected chi connectivity index (χ2v) is 1.98. The lowest BCUT2D eigenvalue weighted by Gasteiger charge is -1.88. The van der Waals surface area contributed by atoms with Gasteiger partial charge in [-0.1, -0.05) is 25.8 Å². The van der Waals surface area contributed by atoms with E-state index in [0.717, 1.165) is 6.08 Å². The summed E-state index contributed by atoms with van der Waals surface area (Å²) in [5.41, 5.74) is 0.539. The Morgan fingerprint density at radius 3 is 1.62 bits per heavy atom. The Morgan fingerprint density at radius 1 is 1.15 bits per heavy atom. The molecule has 0 heterocycles. The van der Waals surface area contributed by atoms with Gasteiger partial charge in [-0.05, 0) is 5.57 Å². The number of carboxylic acids is 2. The van der Waals surface area contributed by atoms with E-state index in [2.05, 4.69) is 19.7 Å². The van der Waals surface area contributed by atoms with Gasteiger partial charge >= 0.3 is 11.9 Å². The standard InChI is InChI=1S/C6H8O2.C3H4O2/c1-3-5(2)4-6(7)8;1-2-3(4)5/h3H,1-2,4H2,(H,7,8);2H,1H2,(H,4,5). The minimum absolute atomic E-state index is 0.0104. The first-order valence-corrected chi connectivity index (χ1v) is 3.31. The van der Waals surface area contributed by atoms with Crippen LogP contribution in [0.15, 0.2) is 37.5 Å². The second-order valence-electron chi connectivity index (χ2n) is 1.98. The van der Waals surface area contributed by atoms with Crippen LogP contribution in [-0.2, 0) is 9.59 Å². The van der Waals surface area contributed by atoms with Gasteiger partial charge in [0.05, 0.1) is 6.42 Å². The molecule has 0 unspecified atom stereocenters. The van der Waals surface area contributed by atoms with Gasteiger partial charge in [-0.25, -0.2) is 4.79 Å². The van der Waals surface area contributed by atoms with Crippen molar-refractivity contribution >= 4 is 11.9 Å². The molecule has 0 spiro atoms. The molecule has 0 aromatic rings. The van der Waals surface area contributed by atoms with E-state index in [4.69, 9.17) is 10.2 Å². The fraction of sp³-hybridized carbons (Fsp3) is 0.111. The predicted octanol–water partition coefficient (Wildman–Crippen LogP) is 1.46. The van der Waals surface area contributed by atoms with Gasteiger partial charge in [0.15, 0.2) is 0 Å². The van der Waals surface area contributed by atoms with Gasteiger partial charge in [0.2, 0.25) is 0 Å². The average molecular weight is 184 g/mol. The first-order valence-electron chi connectivity index (χ1n) is 3.31. The topological polar surface area (TPSA) is 74.6 Å². The quantitative estimate of drug-likeness (QED) is 0.512. The summed E-state index contributed by atoms with van der Waals surface area (Å²) in [5.74, 6) is -1.85. The molecule has 0 atom stereocenters. The van der Waals surface area contributed by atoms with Crippen molar-refractivity contribution in [3.63, 3.8) is 0 Å². The molecular formula is C9H12O4. The average Bonchev–Trinajstić information content (AvgIpc) is 2.04. The summed E-state index contributed by atoms with van der Waals surface area (Å²) in [7, 11) is 0. The fourth-order valence-electron chi connectivity index (χ4n) is 0.266. The van der Waals surface area contributed by atoms with Crippen LogP contribution in [0.5, 0.6) is 0 Å². The Morgan fingerprint density at radius 2 is 1.54 bits per heavy atom. The first kappa shape index (κ1) is 13.7. The maximum atomic E-state index is 9.86. The van der Waals surface area contributed by atoms with E-state index in [1.165, 1.54) is 6.08 Å². The molecule has 2 N–H and O–H groups in total. The lowest BCUT2D eigenvalue weighted by molar-refractivity contribution is -0.136. The summed E-state index contributed by atoms with van der Waals surface area (Å²) >= 11 is 0. The highest BCUT2D eigenvalue weighted by molar-refractivity contribution is 5.78. The molecule has 0 bridgehead atoms. The minimum Gasteiger partial charge on any atom is -0.481 e. The first-order chi connectivity index (χ1) is 5.93. The van der Waals surface area contributed by atoms with Crippen molar-refractivity contribution in [1.29, 1.82) is 0 Å². The number of carbonyl (C=O) groups is 2. The number of aliphatic carboxylic acids is 2. The Hall–Kier alpha value is -1.84. The lowest BCUT2D eigenvalue weighted by atomic mass is 10.2. The molecule has 0 saturated heterocycles. The van der Waals surface area contributed by atoms with E-state index in [9.17, 15) is 9.59 Å². The molecule has 0 aromatic heterocycles. The maximum absolute atomic E-state index is 9.86. The molecule has 4 heteroatoms. The van der Waals surface area contributed by atoms with E-state index in [1.54, 1.807) is 0 Å². The summed E-state index contributed by atoms with van der Waals surface area (Å²) in [6, 6.07) is 0. The van der Waals surface area contributed by atoms with Gasteiger partial charge in [-0.3, -0.25) is 4.79 Å². The number of allylic oxidation sites excluding steroid dienone is 1. The molecule has 0 aliphatic heterocycles. The highest BCUT2D eigenvalue weighted by atomic mass is 16.4. The normalized spacial score (nSPS) is 7.38. The zero-order valence-electron chi connectivity index (χ0n) is 7.19. The number of rotatable bonds is 4. The van der Waals surface area contributed by atoms with Crippen molar-refractivity contribution in [3.8, 4) is 0 Å². The highest BCUT2D eigenvalue weighted by Crippen LogP contribution is 1.96. The largest absolute Gasteiger partial charge is 0.481 e. The van der Waals surface area contributed by atoms with Gasteiger partial charge in [-0.15, -0.1) is 0 Å². The van der Waals surface area contributed by atoms with Crippen LogP contribution in [0.4, 0.5) is 0 Å². The summed E-state index contributed by atoms with van der Waals surface area (Å²) in [6.45, 7) is 9.73. The number of hydrogen-bond acceptors (Lipinski definition) is 2. The molecule has 0 radical (unpaired) electrons. The molecule has 0 aromatic carbocycles. The molecule has 0 amide bonds. The maximum Gasteiger partial charge on any atom is 0.327 e. The van der Waals surface area contributed by atoms with Crippen LogP contribution in [0.1, 0.15) is 6.42 Å². The molecule has 4 nitrogen and oxygen atoms in total. The molecule has 0 fully saturated rings. The van der Waals surface area contributed by atoms with Gasteiger partial charge < -0.3 is 10.2 Å². The predicted molar refractivity (Wildman–Crippen MR) is 49.4 cm³/mol. The van der Waals surface area contributed by atoms with Crippen molar-refractivity contribution in [2.75, 3.05) is 0 Å². The van der Waals surface area contributed by atoms with Crippen molar-refractivity contribution in [2.24, 2.45) is 0 Å². The molecular weight excluding hydrogens is 172 g/mol. The summed E-state index contributed by atoms with van der Waals surface area (Å²) in [6.07, 6.45) is 2.26. The molecule has 13 heavy (non-hydrogen) atoms. The smallest absolute Gasteiger partial charge is 0.327 e. The van der Waals surface area contributed by atoms with Crippen molar-refractivity contribution in [1.82, 2.24) is 0 Å². The number of carboxylic acid groups (broad SMARTS) is 2. The summed E-state index contributed by atoms with van der Waals surface area (Å²) in [5, 5.41) is 15.7. The Labute approximate surface area is 76.5 Å². The van der Waals surface area contributed by atoms with Gasteiger partial charge in [0.25, 0.3) is 0 Å². The monoisotopic (exact) mass is 184 g/mol. The van der Waals surface area contributed by atoms with Crippen molar-refractivity contribution in [3.05, 3.63) is 37.5 Å². The van der Waals surface area contributed by atoms with E-state index in [0.29, 0.717) is 5.57 Å². The molecule has 0 aliphatic carbocycles. The van der Waals surface area contributed by atoms with Crippen LogP contribution in [0.3, 0.4) is 0 Å². The lowest BCUT2D eigenvalue weighted by Crippen LogP contribution is -1.93. The zero-order valence-corrected chi connectivity index (χ0v) is 7.19. The number of hydrogen-bond donors (Lipinski definition) is 2. The van der Waals surface area contributed by atoms with Gasteiger partial charge in [0.1, 0.15) is 0 Å². The molecule has 0 rings (SSSR count). The van der Waals surface area contributed by atoms with E-state index < -0.39 is 11.9 Å². The van der Waals surface area contributed by atoms with Crippen LogP contribution in [0.25, 0.3) is 0 Å². The third-order valence-electron chi connectivity index (χ3n) is 0.842. The second kappa shape index (κ2) is 8.26. The Balaban J connectivity index is 0.